The summed E-state index contributed by atoms with van der Waals surface area (Å²) in [5.74, 6) is 1.06. The first kappa shape index (κ1) is 16.1. The maximum Gasteiger partial charge on any atom is 0.252 e. The van der Waals surface area contributed by atoms with Crippen molar-refractivity contribution in [1.29, 1.82) is 5.26 Å². The van der Waals surface area contributed by atoms with E-state index < -0.39 is 0 Å². The molecule has 1 aromatic carbocycles. The zero-order valence-electron chi connectivity index (χ0n) is 12.5. The summed E-state index contributed by atoms with van der Waals surface area (Å²) in [4.78, 5) is 4.23. The highest BCUT2D eigenvalue weighted by molar-refractivity contribution is 6.30. The Morgan fingerprint density at radius 2 is 2.05 bits per heavy atom. The molecule has 0 unspecified atom stereocenters. The molecule has 0 aliphatic heterocycles. The zero-order valence-corrected chi connectivity index (χ0v) is 13.3. The van der Waals surface area contributed by atoms with Crippen LogP contribution in [0.2, 0.25) is 5.02 Å². The second-order valence-corrected chi connectivity index (χ2v) is 5.21. The minimum atomic E-state index is 0.211. The summed E-state index contributed by atoms with van der Waals surface area (Å²) in [6.45, 7) is 4.13. The number of rotatable bonds is 6. The van der Waals surface area contributed by atoms with Gasteiger partial charge in [-0.1, -0.05) is 37.6 Å². The average Bonchev–Trinajstić information content (AvgIpc) is 2.94. The lowest BCUT2D eigenvalue weighted by Gasteiger charge is -2.05. The van der Waals surface area contributed by atoms with Gasteiger partial charge in [0.1, 0.15) is 6.07 Å². The van der Waals surface area contributed by atoms with E-state index in [-0.39, 0.29) is 17.5 Å². The van der Waals surface area contributed by atoms with Crippen molar-refractivity contribution < 1.29 is 4.42 Å². The number of oxazole rings is 1. The molecule has 1 heterocycles. The summed E-state index contributed by atoms with van der Waals surface area (Å²) in [6, 6.07) is 9.26. The molecule has 22 heavy (non-hydrogen) atoms. The number of hydrogen-bond acceptors (Lipinski definition) is 5. The number of nitrogens with one attached hydrogen (secondary N) is 1. The SMILES string of the molecule is CCC(CC)c1nc(C#N)c(N/N=C/c2ccc(Cl)cc2)o1. The van der Waals surface area contributed by atoms with Crippen LogP contribution in [0, 0.1) is 11.3 Å². The second kappa shape index (κ2) is 7.62. The highest BCUT2D eigenvalue weighted by Crippen LogP contribution is 2.27. The number of hydrogen-bond donors (Lipinski definition) is 1. The van der Waals surface area contributed by atoms with Crippen LogP contribution in [0.4, 0.5) is 5.88 Å². The van der Waals surface area contributed by atoms with Gasteiger partial charge in [0.2, 0.25) is 11.6 Å². The van der Waals surface area contributed by atoms with Crippen LogP contribution in [0.5, 0.6) is 0 Å². The minimum Gasteiger partial charge on any atom is -0.422 e. The van der Waals surface area contributed by atoms with E-state index in [9.17, 15) is 0 Å². The topological polar surface area (TPSA) is 74.2 Å². The van der Waals surface area contributed by atoms with Gasteiger partial charge in [-0.3, -0.25) is 0 Å². The quantitative estimate of drug-likeness (QED) is 0.626. The van der Waals surface area contributed by atoms with Gasteiger partial charge in [0.15, 0.2) is 0 Å². The molecule has 1 N–H and O–H groups in total. The molecule has 1 aromatic heterocycles. The Bertz CT molecular complexity index is 681. The molecule has 0 spiro atoms. The van der Waals surface area contributed by atoms with Crippen LogP contribution in [0.3, 0.4) is 0 Å². The molecule has 0 radical (unpaired) electrons. The number of halogens is 1. The zero-order chi connectivity index (χ0) is 15.9. The molecule has 2 rings (SSSR count). The number of benzene rings is 1. The summed E-state index contributed by atoms with van der Waals surface area (Å²) in [7, 11) is 0. The third kappa shape index (κ3) is 3.86. The van der Waals surface area contributed by atoms with E-state index in [1.54, 1.807) is 18.3 Å². The van der Waals surface area contributed by atoms with Crippen LogP contribution in [0.25, 0.3) is 0 Å². The number of anilines is 1. The summed E-state index contributed by atoms with van der Waals surface area (Å²) in [5.41, 5.74) is 3.84. The van der Waals surface area contributed by atoms with Crippen LogP contribution < -0.4 is 5.43 Å². The van der Waals surface area contributed by atoms with Gasteiger partial charge in [-0.25, -0.2) is 10.4 Å². The van der Waals surface area contributed by atoms with Crippen molar-refractivity contribution in [1.82, 2.24) is 4.98 Å². The summed E-state index contributed by atoms with van der Waals surface area (Å²) in [6.07, 6.45) is 3.45. The molecule has 0 aliphatic carbocycles. The number of aromatic nitrogens is 1. The molecule has 0 saturated carbocycles. The van der Waals surface area contributed by atoms with Gasteiger partial charge >= 0.3 is 0 Å². The lowest BCUT2D eigenvalue weighted by molar-refractivity contribution is 0.439. The molecule has 0 bridgehead atoms. The Morgan fingerprint density at radius 1 is 1.36 bits per heavy atom. The van der Waals surface area contributed by atoms with Crippen molar-refractivity contribution in [2.24, 2.45) is 5.10 Å². The maximum absolute atomic E-state index is 9.13. The predicted octanol–water partition coefficient (Wildman–Crippen LogP) is 4.55. The maximum atomic E-state index is 9.13. The molecule has 0 aliphatic rings. The normalized spacial score (nSPS) is 11.0. The first-order valence-corrected chi connectivity index (χ1v) is 7.51. The molecular formula is C16H17ClN4O. The van der Waals surface area contributed by atoms with Crippen molar-refractivity contribution in [2.75, 3.05) is 5.43 Å². The van der Waals surface area contributed by atoms with Gasteiger partial charge in [-0.2, -0.15) is 10.4 Å². The van der Waals surface area contributed by atoms with Gasteiger partial charge < -0.3 is 4.42 Å². The predicted molar refractivity (Wildman–Crippen MR) is 87.2 cm³/mol. The van der Waals surface area contributed by atoms with Gasteiger partial charge in [0.05, 0.1) is 6.21 Å². The largest absolute Gasteiger partial charge is 0.422 e. The van der Waals surface area contributed by atoms with E-state index in [1.807, 2.05) is 18.2 Å². The summed E-state index contributed by atoms with van der Waals surface area (Å²) in [5, 5.41) is 13.9. The lowest BCUT2D eigenvalue weighted by atomic mass is 10.0. The summed E-state index contributed by atoms with van der Waals surface area (Å²) < 4.78 is 5.63. The fourth-order valence-corrected chi connectivity index (χ4v) is 2.14. The first-order chi connectivity index (χ1) is 10.7. The minimum absolute atomic E-state index is 0.211. The molecule has 114 valence electrons. The van der Waals surface area contributed by atoms with Crippen molar-refractivity contribution in [3.8, 4) is 6.07 Å². The van der Waals surface area contributed by atoms with Crippen molar-refractivity contribution in [3.05, 3.63) is 46.4 Å². The number of nitriles is 1. The molecule has 6 heteroatoms. The van der Waals surface area contributed by atoms with E-state index in [0.717, 1.165) is 18.4 Å². The fourth-order valence-electron chi connectivity index (χ4n) is 2.02. The van der Waals surface area contributed by atoms with Crippen LogP contribution in [-0.2, 0) is 0 Å². The van der Waals surface area contributed by atoms with Gasteiger partial charge in [-0.15, -0.1) is 0 Å². The monoisotopic (exact) mass is 316 g/mol. The molecule has 0 atom stereocenters. The molecule has 2 aromatic rings. The van der Waals surface area contributed by atoms with E-state index >= 15 is 0 Å². The van der Waals surface area contributed by atoms with E-state index in [1.165, 1.54) is 0 Å². The van der Waals surface area contributed by atoms with Gasteiger partial charge in [0.25, 0.3) is 5.88 Å². The molecule has 0 amide bonds. The Morgan fingerprint density at radius 3 is 2.64 bits per heavy atom. The Hall–Kier alpha value is -2.32. The van der Waals surface area contributed by atoms with E-state index in [2.05, 4.69) is 29.4 Å². The Kier molecular flexibility index (Phi) is 5.56. The molecule has 5 nitrogen and oxygen atoms in total. The van der Waals surface area contributed by atoms with Crippen molar-refractivity contribution in [3.63, 3.8) is 0 Å². The molecular weight excluding hydrogens is 300 g/mol. The van der Waals surface area contributed by atoms with Crippen LogP contribution in [0.15, 0.2) is 33.8 Å². The lowest BCUT2D eigenvalue weighted by Crippen LogP contribution is -1.95. The Labute approximate surface area is 134 Å². The van der Waals surface area contributed by atoms with Crippen LogP contribution in [0.1, 0.15) is 49.8 Å². The van der Waals surface area contributed by atoms with Gasteiger partial charge in [0, 0.05) is 10.9 Å². The third-order valence-electron chi connectivity index (χ3n) is 3.33. The highest BCUT2D eigenvalue weighted by Gasteiger charge is 2.18. The van der Waals surface area contributed by atoms with Crippen molar-refractivity contribution in [2.45, 2.75) is 32.6 Å². The fraction of sp³-hybridized carbons (Fsp3) is 0.312. The Balaban J connectivity index is 2.12. The highest BCUT2D eigenvalue weighted by atomic mass is 35.5. The smallest absolute Gasteiger partial charge is 0.252 e. The van der Waals surface area contributed by atoms with E-state index in [4.69, 9.17) is 21.3 Å². The van der Waals surface area contributed by atoms with Gasteiger partial charge in [-0.05, 0) is 30.5 Å². The molecule has 0 saturated heterocycles. The third-order valence-corrected chi connectivity index (χ3v) is 3.59. The van der Waals surface area contributed by atoms with Crippen LogP contribution >= 0.6 is 11.6 Å². The standard InChI is InChI=1S/C16H17ClN4O/c1-3-12(4-2)15-20-14(9-18)16(22-15)21-19-10-11-5-7-13(17)8-6-11/h5-8,10,12,21H,3-4H2,1-2H3/b19-10+. The first-order valence-electron chi connectivity index (χ1n) is 7.13. The second-order valence-electron chi connectivity index (χ2n) is 4.78. The van der Waals surface area contributed by atoms with Crippen molar-refractivity contribution >= 4 is 23.7 Å². The summed E-state index contributed by atoms with van der Waals surface area (Å²) >= 11 is 5.82. The molecule has 0 fully saturated rings. The van der Waals surface area contributed by atoms with E-state index in [0.29, 0.717) is 10.9 Å². The van der Waals surface area contributed by atoms with Crippen LogP contribution in [-0.4, -0.2) is 11.2 Å². The average molecular weight is 317 g/mol. The number of nitrogens with zero attached hydrogens (tertiary/aromatic N) is 3. The number of hydrazone groups is 1.